The Bertz CT molecular complexity index is 507. The molecule has 0 spiro atoms. The van der Waals surface area contributed by atoms with Gasteiger partial charge in [0, 0.05) is 13.2 Å². The summed E-state index contributed by atoms with van der Waals surface area (Å²) < 4.78 is 33.5. The van der Waals surface area contributed by atoms with E-state index in [-0.39, 0.29) is 37.4 Å². The van der Waals surface area contributed by atoms with Gasteiger partial charge >= 0.3 is 11.9 Å². The lowest BCUT2D eigenvalue weighted by Crippen LogP contribution is -2.41. The lowest BCUT2D eigenvalue weighted by atomic mass is 10.0. The number of ether oxygens (including phenoxy) is 6. The molecule has 202 valence electrons. The first kappa shape index (κ1) is 32.8. The summed E-state index contributed by atoms with van der Waals surface area (Å²) in [4.78, 5) is 24.9. The Morgan fingerprint density at radius 3 is 1.26 bits per heavy atom. The maximum atomic E-state index is 12.5. The highest BCUT2D eigenvalue weighted by Crippen LogP contribution is 2.20. The van der Waals surface area contributed by atoms with Gasteiger partial charge in [-0.25, -0.2) is 9.59 Å². The molecule has 0 bridgehead atoms. The fourth-order valence-electron chi connectivity index (χ4n) is 2.72. The van der Waals surface area contributed by atoms with Crippen molar-refractivity contribution in [3.63, 3.8) is 0 Å². The molecule has 8 nitrogen and oxygen atoms in total. The Balaban J connectivity index is 4.24. The zero-order valence-electron chi connectivity index (χ0n) is 22.9. The van der Waals surface area contributed by atoms with Gasteiger partial charge in [-0.3, -0.25) is 0 Å². The summed E-state index contributed by atoms with van der Waals surface area (Å²) in [6, 6.07) is 0. The van der Waals surface area contributed by atoms with Gasteiger partial charge < -0.3 is 28.4 Å². The van der Waals surface area contributed by atoms with Crippen LogP contribution in [0.2, 0.25) is 0 Å². The predicted molar refractivity (Wildman–Crippen MR) is 132 cm³/mol. The summed E-state index contributed by atoms with van der Waals surface area (Å²) in [6.45, 7) is 17.3. The van der Waals surface area contributed by atoms with Crippen LogP contribution in [0.1, 0.15) is 93.9 Å². The molecule has 4 atom stereocenters. The van der Waals surface area contributed by atoms with Crippen molar-refractivity contribution in [1.82, 2.24) is 0 Å². The second kappa shape index (κ2) is 18.1. The Morgan fingerprint density at radius 2 is 0.971 bits per heavy atom. The van der Waals surface area contributed by atoms with Gasteiger partial charge in [-0.1, -0.05) is 27.7 Å². The predicted octanol–water partition coefficient (Wildman–Crippen LogP) is 4.85. The number of carbonyl (C=O) groups is 2. The summed E-state index contributed by atoms with van der Waals surface area (Å²) in [5.74, 6) is -0.754. The Hall–Kier alpha value is -1.22. The Morgan fingerprint density at radius 1 is 0.618 bits per heavy atom. The number of esters is 2. The van der Waals surface area contributed by atoms with E-state index in [4.69, 9.17) is 28.4 Å². The van der Waals surface area contributed by atoms with Crippen LogP contribution in [0.3, 0.4) is 0 Å². The van der Waals surface area contributed by atoms with Crippen molar-refractivity contribution in [3.8, 4) is 0 Å². The van der Waals surface area contributed by atoms with Crippen LogP contribution in [0.25, 0.3) is 0 Å². The molecule has 0 aromatic carbocycles. The van der Waals surface area contributed by atoms with E-state index >= 15 is 0 Å². The average molecular weight is 491 g/mol. The molecule has 0 fully saturated rings. The normalized spacial score (nSPS) is 16.8. The van der Waals surface area contributed by atoms with Crippen LogP contribution in [-0.2, 0) is 38.0 Å². The van der Waals surface area contributed by atoms with Crippen LogP contribution in [0.4, 0.5) is 0 Å². The second-order valence-electron chi connectivity index (χ2n) is 9.02. The van der Waals surface area contributed by atoms with Crippen molar-refractivity contribution in [1.29, 1.82) is 0 Å². The van der Waals surface area contributed by atoms with Crippen molar-refractivity contribution >= 4 is 11.9 Å². The van der Waals surface area contributed by atoms with Crippen LogP contribution < -0.4 is 0 Å². The molecule has 8 heteroatoms. The van der Waals surface area contributed by atoms with E-state index < -0.39 is 11.2 Å². The molecule has 0 rings (SSSR count). The van der Waals surface area contributed by atoms with Crippen LogP contribution in [0.5, 0.6) is 0 Å². The van der Waals surface area contributed by atoms with Gasteiger partial charge in [0.05, 0.1) is 25.4 Å². The molecule has 0 aliphatic rings. The summed E-state index contributed by atoms with van der Waals surface area (Å²) in [7, 11) is 0. The van der Waals surface area contributed by atoms with Crippen LogP contribution in [0.15, 0.2) is 0 Å². The first-order valence-electron chi connectivity index (χ1n) is 12.9. The lowest BCUT2D eigenvalue weighted by molar-refractivity contribution is -0.175. The van der Waals surface area contributed by atoms with E-state index in [0.29, 0.717) is 52.1 Å². The molecule has 0 saturated heterocycles. The Kier molecular flexibility index (Phi) is 17.5. The summed E-state index contributed by atoms with van der Waals surface area (Å²) >= 11 is 0. The summed E-state index contributed by atoms with van der Waals surface area (Å²) in [5, 5.41) is 0. The van der Waals surface area contributed by atoms with Gasteiger partial charge in [-0.2, -0.15) is 0 Å². The van der Waals surface area contributed by atoms with Crippen LogP contribution >= 0.6 is 0 Å². The fourth-order valence-corrected chi connectivity index (χ4v) is 2.72. The maximum Gasteiger partial charge on any atom is 0.338 e. The average Bonchev–Trinajstić information content (AvgIpc) is 2.85. The smallest absolute Gasteiger partial charge is 0.338 e. The lowest BCUT2D eigenvalue weighted by Gasteiger charge is -2.27. The van der Waals surface area contributed by atoms with Crippen molar-refractivity contribution in [2.24, 2.45) is 0 Å². The van der Waals surface area contributed by atoms with E-state index in [2.05, 4.69) is 0 Å². The molecule has 0 aromatic heterocycles. The molecule has 0 heterocycles. The van der Waals surface area contributed by atoms with E-state index in [1.165, 1.54) is 0 Å². The molecule has 0 aromatic rings. The van der Waals surface area contributed by atoms with Crippen LogP contribution in [0, 0.1) is 0 Å². The molecular formula is C26H50O8. The van der Waals surface area contributed by atoms with Gasteiger partial charge in [-0.15, -0.1) is 0 Å². The molecule has 0 radical (unpaired) electrons. The zero-order chi connectivity index (χ0) is 26.0. The SMILES string of the molecule is CCC(C)OCCOC(=O)C(C)(CC)OCCCCOC(C)(CC)C(=O)OCCOC(C)CC. The van der Waals surface area contributed by atoms with E-state index in [1.54, 1.807) is 13.8 Å². The van der Waals surface area contributed by atoms with Crippen LogP contribution in [-0.4, -0.2) is 75.0 Å². The van der Waals surface area contributed by atoms with Gasteiger partial charge in [-0.05, 0) is 66.2 Å². The van der Waals surface area contributed by atoms with Gasteiger partial charge in [0.15, 0.2) is 11.2 Å². The second-order valence-corrected chi connectivity index (χ2v) is 9.02. The first-order valence-corrected chi connectivity index (χ1v) is 12.9. The minimum atomic E-state index is -0.990. The number of rotatable bonds is 21. The fraction of sp³-hybridized carbons (Fsp3) is 0.923. The van der Waals surface area contributed by atoms with Crippen molar-refractivity contribution in [2.45, 2.75) is 117 Å². The highest BCUT2D eigenvalue weighted by molar-refractivity contribution is 5.79. The maximum absolute atomic E-state index is 12.5. The molecule has 0 N–H and O–H groups in total. The molecule has 0 saturated carbocycles. The largest absolute Gasteiger partial charge is 0.461 e. The highest BCUT2D eigenvalue weighted by atomic mass is 16.6. The standard InChI is InChI=1S/C26H50O8/c1-9-21(5)29-17-19-31-23(27)25(7,11-3)33-15-13-14-16-34-26(8,12-4)24(28)32-20-18-30-22(6)10-2/h21-22H,9-20H2,1-8H3. The summed E-state index contributed by atoms with van der Waals surface area (Å²) in [5.41, 5.74) is -1.98. The number of unbranched alkanes of at least 4 members (excludes halogenated alkanes) is 1. The molecular weight excluding hydrogens is 440 g/mol. The number of carbonyl (C=O) groups excluding carboxylic acids is 2. The molecule has 4 unspecified atom stereocenters. The minimum Gasteiger partial charge on any atom is -0.461 e. The van der Waals surface area contributed by atoms with E-state index in [1.807, 2.05) is 41.5 Å². The van der Waals surface area contributed by atoms with Gasteiger partial charge in [0.1, 0.15) is 13.2 Å². The first-order chi connectivity index (χ1) is 16.1. The minimum absolute atomic E-state index is 0.148. The van der Waals surface area contributed by atoms with Crippen molar-refractivity contribution < 1.29 is 38.0 Å². The highest BCUT2D eigenvalue weighted by Gasteiger charge is 2.35. The molecule has 34 heavy (non-hydrogen) atoms. The van der Waals surface area contributed by atoms with Gasteiger partial charge in [0.25, 0.3) is 0 Å². The quantitative estimate of drug-likeness (QED) is 0.167. The zero-order valence-corrected chi connectivity index (χ0v) is 22.9. The molecule has 0 aliphatic carbocycles. The number of hydrogen-bond donors (Lipinski definition) is 0. The third-order valence-corrected chi connectivity index (χ3v) is 6.18. The van der Waals surface area contributed by atoms with E-state index in [9.17, 15) is 9.59 Å². The third kappa shape index (κ3) is 13.0. The van der Waals surface area contributed by atoms with Crippen molar-refractivity contribution in [3.05, 3.63) is 0 Å². The monoisotopic (exact) mass is 490 g/mol. The molecule has 0 aliphatic heterocycles. The topological polar surface area (TPSA) is 89.5 Å². The number of hydrogen-bond acceptors (Lipinski definition) is 8. The van der Waals surface area contributed by atoms with E-state index in [0.717, 1.165) is 12.8 Å². The third-order valence-electron chi connectivity index (χ3n) is 6.18. The van der Waals surface area contributed by atoms with Gasteiger partial charge in [0.2, 0.25) is 0 Å². The summed E-state index contributed by atoms with van der Waals surface area (Å²) in [6.07, 6.45) is 4.53. The molecule has 0 amide bonds. The van der Waals surface area contributed by atoms with Crippen molar-refractivity contribution in [2.75, 3.05) is 39.6 Å². The Labute approximate surface area is 207 Å².